The normalized spacial score (nSPS) is 10.4. The maximum Gasteiger partial charge on any atom is 0.441 e. The zero-order valence-electron chi connectivity index (χ0n) is 7.60. The molecule has 1 aromatic heterocycles. The number of benzene rings is 1. The van der Waals surface area contributed by atoms with E-state index in [0.717, 1.165) is 0 Å². The molecule has 2 N–H and O–H groups in total. The zero-order valence-corrected chi connectivity index (χ0v) is 7.60. The summed E-state index contributed by atoms with van der Waals surface area (Å²) in [6, 6.07) is 7.17. The lowest BCUT2D eigenvalue weighted by molar-refractivity contribution is 0.380. The molecule has 0 radical (unpaired) electrons. The van der Waals surface area contributed by atoms with Crippen LogP contribution in [0.2, 0.25) is 0 Å². The average molecular weight is 191 g/mol. The Morgan fingerprint density at radius 2 is 2.14 bits per heavy atom. The summed E-state index contributed by atoms with van der Waals surface area (Å²) in [6.07, 6.45) is 0. The number of rotatable bonds is 1. The topological polar surface area (TPSA) is 74.1 Å². The highest BCUT2D eigenvalue weighted by Crippen LogP contribution is 2.21. The van der Waals surface area contributed by atoms with Gasteiger partial charge >= 0.3 is 5.76 Å². The minimum absolute atomic E-state index is 0.438. The van der Waals surface area contributed by atoms with Crippen molar-refractivity contribution in [3.05, 3.63) is 34.8 Å². The summed E-state index contributed by atoms with van der Waals surface area (Å²) in [6.45, 7) is 0. The highest BCUT2D eigenvalue weighted by molar-refractivity contribution is 5.70. The van der Waals surface area contributed by atoms with Crippen LogP contribution in [0.15, 0.2) is 33.6 Å². The molecule has 0 saturated carbocycles. The minimum Gasteiger partial charge on any atom is -0.398 e. The van der Waals surface area contributed by atoms with Crippen molar-refractivity contribution < 1.29 is 4.52 Å². The lowest BCUT2D eigenvalue weighted by Gasteiger charge is -2.01. The summed E-state index contributed by atoms with van der Waals surface area (Å²) in [5.41, 5.74) is 7.00. The van der Waals surface area contributed by atoms with Crippen LogP contribution in [-0.4, -0.2) is 9.72 Å². The largest absolute Gasteiger partial charge is 0.441 e. The third-order valence-electron chi connectivity index (χ3n) is 2.00. The van der Waals surface area contributed by atoms with Crippen molar-refractivity contribution in [1.29, 1.82) is 0 Å². The SMILES string of the molecule is Cn1c(-c2ccccc2N)noc1=O. The monoisotopic (exact) mass is 191 g/mol. The van der Waals surface area contributed by atoms with E-state index in [2.05, 4.69) is 9.68 Å². The number of nitrogens with two attached hydrogens (primary N) is 1. The first-order valence-electron chi connectivity index (χ1n) is 4.07. The second kappa shape index (κ2) is 3.02. The Labute approximate surface area is 79.7 Å². The summed E-state index contributed by atoms with van der Waals surface area (Å²) in [7, 11) is 1.58. The van der Waals surface area contributed by atoms with Gasteiger partial charge in [-0.25, -0.2) is 4.79 Å². The molecule has 2 aromatic rings. The van der Waals surface area contributed by atoms with E-state index >= 15 is 0 Å². The Morgan fingerprint density at radius 3 is 2.71 bits per heavy atom. The average Bonchev–Trinajstić information content (AvgIpc) is 2.49. The van der Waals surface area contributed by atoms with Gasteiger partial charge in [-0.05, 0) is 12.1 Å². The van der Waals surface area contributed by atoms with E-state index < -0.39 is 5.76 Å². The Hall–Kier alpha value is -2.04. The molecule has 5 nitrogen and oxygen atoms in total. The number of nitrogens with zero attached hydrogens (tertiary/aromatic N) is 2. The van der Waals surface area contributed by atoms with Crippen LogP contribution < -0.4 is 11.5 Å². The summed E-state index contributed by atoms with van der Waals surface area (Å²) in [4.78, 5) is 11.0. The van der Waals surface area contributed by atoms with Crippen molar-refractivity contribution in [3.8, 4) is 11.4 Å². The van der Waals surface area contributed by atoms with Crippen LogP contribution in [-0.2, 0) is 7.05 Å². The Bertz CT molecular complexity index is 513. The number of hydrogen-bond acceptors (Lipinski definition) is 4. The molecular formula is C9H9N3O2. The second-order valence-electron chi connectivity index (χ2n) is 2.92. The summed E-state index contributed by atoms with van der Waals surface area (Å²) >= 11 is 0. The summed E-state index contributed by atoms with van der Waals surface area (Å²) < 4.78 is 5.82. The maximum absolute atomic E-state index is 11.0. The minimum atomic E-state index is -0.497. The van der Waals surface area contributed by atoms with Gasteiger partial charge in [0.05, 0.1) is 0 Å². The molecule has 0 spiro atoms. The van der Waals surface area contributed by atoms with Crippen LogP contribution in [0.25, 0.3) is 11.4 Å². The van der Waals surface area contributed by atoms with Crippen LogP contribution in [0, 0.1) is 0 Å². The first kappa shape index (κ1) is 8.55. The van der Waals surface area contributed by atoms with Crippen molar-refractivity contribution in [2.24, 2.45) is 7.05 Å². The van der Waals surface area contributed by atoms with E-state index in [0.29, 0.717) is 17.1 Å². The summed E-state index contributed by atoms with van der Waals surface area (Å²) in [5, 5.41) is 3.64. The van der Waals surface area contributed by atoms with Crippen molar-refractivity contribution in [3.63, 3.8) is 0 Å². The highest BCUT2D eigenvalue weighted by Gasteiger charge is 2.10. The van der Waals surface area contributed by atoms with E-state index in [9.17, 15) is 4.79 Å². The number of aromatic nitrogens is 2. The van der Waals surface area contributed by atoms with Crippen LogP contribution in [0.1, 0.15) is 0 Å². The van der Waals surface area contributed by atoms with Gasteiger partial charge in [-0.15, -0.1) is 0 Å². The number of para-hydroxylation sites is 1. The molecule has 14 heavy (non-hydrogen) atoms. The standard InChI is InChI=1S/C9H9N3O2/c1-12-8(11-14-9(12)13)6-4-2-3-5-7(6)10/h2-5H,10H2,1H3. The lowest BCUT2D eigenvalue weighted by atomic mass is 10.2. The molecule has 72 valence electrons. The maximum atomic E-state index is 11.0. The lowest BCUT2D eigenvalue weighted by Crippen LogP contribution is -2.10. The molecule has 0 amide bonds. The van der Waals surface area contributed by atoms with Gasteiger partial charge in [0.25, 0.3) is 0 Å². The Kier molecular flexibility index (Phi) is 1.85. The number of anilines is 1. The second-order valence-corrected chi connectivity index (χ2v) is 2.92. The molecular weight excluding hydrogens is 182 g/mol. The van der Waals surface area contributed by atoms with Crippen LogP contribution in [0.3, 0.4) is 0 Å². The van der Waals surface area contributed by atoms with Gasteiger partial charge in [0.1, 0.15) is 0 Å². The third-order valence-corrected chi connectivity index (χ3v) is 2.00. The molecule has 0 fully saturated rings. The van der Waals surface area contributed by atoms with Gasteiger partial charge in [-0.1, -0.05) is 17.3 Å². The van der Waals surface area contributed by atoms with Gasteiger partial charge in [-0.2, -0.15) is 0 Å². The fourth-order valence-corrected chi connectivity index (χ4v) is 1.22. The zero-order chi connectivity index (χ0) is 10.1. The van der Waals surface area contributed by atoms with E-state index in [1.165, 1.54) is 4.57 Å². The van der Waals surface area contributed by atoms with Crippen molar-refractivity contribution in [2.45, 2.75) is 0 Å². The van der Waals surface area contributed by atoms with Crippen molar-refractivity contribution in [1.82, 2.24) is 9.72 Å². The number of nitrogen functional groups attached to an aromatic ring is 1. The molecule has 2 rings (SSSR count). The van der Waals surface area contributed by atoms with Gasteiger partial charge in [-0.3, -0.25) is 9.09 Å². The van der Waals surface area contributed by atoms with Crippen molar-refractivity contribution >= 4 is 5.69 Å². The molecule has 0 saturated heterocycles. The summed E-state index contributed by atoms with van der Waals surface area (Å²) in [5.74, 6) is -0.0589. The van der Waals surface area contributed by atoms with Gasteiger partial charge in [0.2, 0.25) is 0 Å². The first-order chi connectivity index (χ1) is 6.70. The molecule has 1 heterocycles. The van der Waals surface area contributed by atoms with Gasteiger partial charge in [0, 0.05) is 18.3 Å². The van der Waals surface area contributed by atoms with Crippen LogP contribution in [0.4, 0.5) is 5.69 Å². The molecule has 0 aliphatic rings. The molecule has 1 aromatic carbocycles. The molecule has 0 unspecified atom stereocenters. The molecule has 0 aliphatic carbocycles. The van der Waals surface area contributed by atoms with Gasteiger partial charge < -0.3 is 5.73 Å². The molecule has 0 bridgehead atoms. The van der Waals surface area contributed by atoms with Crippen LogP contribution in [0.5, 0.6) is 0 Å². The molecule has 0 aliphatic heterocycles. The molecule has 5 heteroatoms. The fraction of sp³-hybridized carbons (Fsp3) is 0.111. The van der Waals surface area contributed by atoms with Crippen molar-refractivity contribution in [2.75, 3.05) is 5.73 Å². The fourth-order valence-electron chi connectivity index (χ4n) is 1.22. The number of hydrogen-bond donors (Lipinski definition) is 1. The predicted molar refractivity (Wildman–Crippen MR) is 51.6 cm³/mol. The highest BCUT2D eigenvalue weighted by atomic mass is 16.5. The third kappa shape index (κ3) is 1.19. The smallest absolute Gasteiger partial charge is 0.398 e. The van der Waals surface area contributed by atoms with E-state index in [4.69, 9.17) is 5.73 Å². The van der Waals surface area contributed by atoms with E-state index in [1.54, 1.807) is 19.2 Å². The quantitative estimate of drug-likeness (QED) is 0.670. The van der Waals surface area contributed by atoms with Gasteiger partial charge in [0.15, 0.2) is 5.82 Å². The van der Waals surface area contributed by atoms with E-state index in [-0.39, 0.29) is 0 Å². The molecule has 0 atom stereocenters. The first-order valence-corrected chi connectivity index (χ1v) is 4.07. The Balaban J connectivity index is 2.66. The predicted octanol–water partition coefficient (Wildman–Crippen LogP) is 0.622. The van der Waals surface area contributed by atoms with Crippen LogP contribution >= 0.6 is 0 Å². The Morgan fingerprint density at radius 1 is 1.43 bits per heavy atom. The van der Waals surface area contributed by atoms with E-state index in [1.807, 2.05) is 12.1 Å².